The lowest BCUT2D eigenvalue weighted by atomic mass is 9.77. The molecule has 2 N–H and O–H groups in total. The highest BCUT2D eigenvalue weighted by atomic mass is 32.2. The number of aliphatic hydroxyl groups is 1. The van der Waals surface area contributed by atoms with Crippen LogP contribution in [0.4, 0.5) is 27.6 Å². The van der Waals surface area contributed by atoms with Gasteiger partial charge in [-0.05, 0) is 72.0 Å². The van der Waals surface area contributed by atoms with Gasteiger partial charge >= 0.3 is 16.6 Å². The first-order chi connectivity index (χ1) is 17.4. The van der Waals surface area contributed by atoms with Crippen molar-refractivity contribution in [1.29, 1.82) is 0 Å². The minimum Gasteiger partial charge on any atom is -0.406 e. The van der Waals surface area contributed by atoms with E-state index in [1.165, 1.54) is 24.3 Å². The van der Waals surface area contributed by atoms with E-state index in [9.17, 15) is 35.5 Å². The van der Waals surface area contributed by atoms with Gasteiger partial charge in [0.15, 0.2) is 0 Å². The average Bonchev–Trinajstić information content (AvgIpc) is 2.82. The topological polar surface area (TPSA) is 78.9 Å². The Kier molecular flexibility index (Phi) is 7.72. The molecule has 2 atom stereocenters. The Balaban J connectivity index is 1.58. The molecule has 0 amide bonds. The third-order valence-corrected chi connectivity index (χ3v) is 7.50. The number of nitrogens with zero attached hydrogens (tertiary/aromatic N) is 1. The smallest absolute Gasteiger partial charge is 0.406 e. The van der Waals surface area contributed by atoms with E-state index in [-0.39, 0.29) is 25.2 Å². The summed E-state index contributed by atoms with van der Waals surface area (Å²) in [5, 5.41) is 10.6. The zero-order valence-corrected chi connectivity index (χ0v) is 20.0. The maximum absolute atomic E-state index is 13.6. The van der Waals surface area contributed by atoms with Crippen molar-refractivity contribution in [2.75, 3.05) is 17.8 Å². The highest BCUT2D eigenvalue weighted by molar-refractivity contribution is 7.90. The molecule has 0 spiro atoms. The highest BCUT2D eigenvalue weighted by Gasteiger charge is 2.38. The van der Waals surface area contributed by atoms with Crippen molar-refractivity contribution in [1.82, 2.24) is 4.31 Å². The van der Waals surface area contributed by atoms with Crippen LogP contribution in [0, 0.1) is 17.6 Å². The number of aliphatic hydroxyl groups excluding tert-OH is 1. The molecule has 6 nitrogen and oxygen atoms in total. The van der Waals surface area contributed by atoms with E-state index in [4.69, 9.17) is 0 Å². The van der Waals surface area contributed by atoms with Gasteiger partial charge in [-0.2, -0.15) is 12.7 Å². The first kappa shape index (κ1) is 26.8. The number of alkyl halides is 3. The van der Waals surface area contributed by atoms with E-state index in [2.05, 4.69) is 9.46 Å². The summed E-state index contributed by atoms with van der Waals surface area (Å²) < 4.78 is 97.7. The van der Waals surface area contributed by atoms with Crippen LogP contribution >= 0.6 is 0 Å². The summed E-state index contributed by atoms with van der Waals surface area (Å²) in [5.74, 6) is -2.35. The molecule has 37 heavy (non-hydrogen) atoms. The monoisotopic (exact) mass is 542 g/mol. The number of piperidine rings is 1. The lowest BCUT2D eigenvalue weighted by Crippen LogP contribution is -2.49. The van der Waals surface area contributed by atoms with Crippen LogP contribution in [0.5, 0.6) is 5.75 Å². The second-order valence-corrected chi connectivity index (χ2v) is 10.4. The van der Waals surface area contributed by atoms with E-state index in [0.717, 1.165) is 28.6 Å². The molecule has 1 heterocycles. The average molecular weight is 543 g/mol. The number of nitrogens with one attached hydrogen (secondary N) is 1. The van der Waals surface area contributed by atoms with Gasteiger partial charge in [0, 0.05) is 19.0 Å². The van der Waals surface area contributed by atoms with Crippen molar-refractivity contribution in [3.05, 3.63) is 95.6 Å². The Labute approximate surface area is 210 Å². The molecule has 0 aromatic heterocycles. The predicted octanol–water partition coefficient (Wildman–Crippen LogP) is 5.04. The molecule has 2 unspecified atom stereocenters. The normalized spacial score (nSPS) is 19.1. The van der Waals surface area contributed by atoms with Crippen LogP contribution < -0.4 is 9.46 Å². The Morgan fingerprint density at radius 1 is 0.865 bits per heavy atom. The van der Waals surface area contributed by atoms with Crippen molar-refractivity contribution in [3.8, 4) is 5.75 Å². The third kappa shape index (κ3) is 6.96. The molecule has 1 aliphatic heterocycles. The number of hydrogen-bond donors (Lipinski definition) is 2. The van der Waals surface area contributed by atoms with Gasteiger partial charge in [0.05, 0.1) is 11.8 Å². The lowest BCUT2D eigenvalue weighted by molar-refractivity contribution is -0.274. The summed E-state index contributed by atoms with van der Waals surface area (Å²) in [6, 6.07) is 15.5. The molecular weight excluding hydrogens is 519 g/mol. The Morgan fingerprint density at radius 3 is 1.86 bits per heavy atom. The van der Waals surface area contributed by atoms with E-state index >= 15 is 0 Å². The number of rotatable bonds is 7. The van der Waals surface area contributed by atoms with Gasteiger partial charge in [0.2, 0.25) is 0 Å². The SMILES string of the molecule is O=S(=O)(Nc1ccc(OC(F)(F)F)cc1)N1CC(O)CC(C(c2ccc(F)cc2)c2ccc(F)cc2)C1. The molecule has 0 aliphatic carbocycles. The van der Waals surface area contributed by atoms with Gasteiger partial charge in [0.25, 0.3) is 0 Å². The van der Waals surface area contributed by atoms with Gasteiger partial charge < -0.3 is 9.84 Å². The molecular formula is C25H23F5N2O4S. The third-order valence-electron chi connectivity index (χ3n) is 6.03. The minimum absolute atomic E-state index is 0.000225. The van der Waals surface area contributed by atoms with E-state index < -0.39 is 51.9 Å². The molecule has 0 saturated carbocycles. The molecule has 198 valence electrons. The largest absolute Gasteiger partial charge is 0.573 e. The minimum atomic E-state index is -4.88. The molecule has 4 rings (SSSR count). The zero-order valence-electron chi connectivity index (χ0n) is 19.2. The molecule has 3 aromatic rings. The number of anilines is 1. The number of halogens is 5. The van der Waals surface area contributed by atoms with Crippen LogP contribution in [0.15, 0.2) is 72.8 Å². The Bertz CT molecular complexity index is 1260. The number of hydrogen-bond acceptors (Lipinski definition) is 4. The summed E-state index contributed by atoms with van der Waals surface area (Å²) >= 11 is 0. The van der Waals surface area contributed by atoms with Gasteiger partial charge in [-0.15, -0.1) is 13.2 Å². The van der Waals surface area contributed by atoms with Crippen LogP contribution in [-0.4, -0.2) is 43.4 Å². The molecule has 0 bridgehead atoms. The van der Waals surface area contributed by atoms with Crippen LogP contribution in [0.3, 0.4) is 0 Å². The van der Waals surface area contributed by atoms with E-state index in [1.54, 1.807) is 24.3 Å². The Hall–Kier alpha value is -3.22. The van der Waals surface area contributed by atoms with Crippen LogP contribution in [0.1, 0.15) is 23.5 Å². The van der Waals surface area contributed by atoms with Gasteiger partial charge in [-0.1, -0.05) is 24.3 Å². The maximum Gasteiger partial charge on any atom is 0.573 e. The molecule has 3 aromatic carbocycles. The highest BCUT2D eigenvalue weighted by Crippen LogP contribution is 2.38. The van der Waals surface area contributed by atoms with Crippen molar-refractivity contribution in [2.24, 2.45) is 5.92 Å². The first-order valence-corrected chi connectivity index (χ1v) is 12.7. The second kappa shape index (κ2) is 10.6. The van der Waals surface area contributed by atoms with Crippen molar-refractivity contribution >= 4 is 15.9 Å². The van der Waals surface area contributed by atoms with E-state index in [0.29, 0.717) is 11.1 Å². The predicted molar refractivity (Wildman–Crippen MR) is 126 cm³/mol. The Morgan fingerprint density at radius 2 is 1.38 bits per heavy atom. The van der Waals surface area contributed by atoms with Crippen LogP contribution in [-0.2, 0) is 10.2 Å². The molecule has 1 aliphatic rings. The zero-order chi connectivity index (χ0) is 26.8. The fraction of sp³-hybridized carbons (Fsp3) is 0.280. The molecule has 12 heteroatoms. The number of β-amino-alcohol motifs (C(OH)–C–C–N with tert-alkyl or cyclic N) is 1. The lowest BCUT2D eigenvalue weighted by Gasteiger charge is -2.39. The quantitative estimate of drug-likeness (QED) is 0.411. The van der Waals surface area contributed by atoms with Crippen molar-refractivity contribution in [2.45, 2.75) is 24.8 Å². The van der Waals surface area contributed by atoms with Crippen molar-refractivity contribution < 1.29 is 40.2 Å². The summed E-state index contributed by atoms with van der Waals surface area (Å²) in [6.07, 6.45) is -5.68. The van der Waals surface area contributed by atoms with Crippen LogP contribution in [0.25, 0.3) is 0 Å². The first-order valence-electron chi connectivity index (χ1n) is 11.2. The van der Waals surface area contributed by atoms with Gasteiger partial charge in [-0.25, -0.2) is 8.78 Å². The fourth-order valence-corrected chi connectivity index (χ4v) is 5.84. The number of ether oxygens (including phenoxy) is 1. The summed E-state index contributed by atoms with van der Waals surface area (Å²) in [4.78, 5) is 0. The standard InChI is InChI=1S/C25H23F5N2O4S/c26-19-5-1-16(2-6-19)24(17-3-7-20(27)8-4-17)18-13-22(33)15-32(14-18)37(34,35)31-21-9-11-23(12-10-21)36-25(28,29)30/h1-12,18,22,24,31,33H,13-15H2. The molecule has 1 fully saturated rings. The summed E-state index contributed by atoms with van der Waals surface area (Å²) in [7, 11) is -4.22. The molecule has 1 saturated heterocycles. The maximum atomic E-state index is 13.6. The van der Waals surface area contributed by atoms with Crippen molar-refractivity contribution in [3.63, 3.8) is 0 Å². The fourth-order valence-electron chi connectivity index (χ4n) is 4.52. The second-order valence-electron chi connectivity index (χ2n) is 8.73. The summed E-state index contributed by atoms with van der Waals surface area (Å²) in [5.41, 5.74) is 1.33. The summed E-state index contributed by atoms with van der Waals surface area (Å²) in [6.45, 7) is -0.234. The molecule has 0 radical (unpaired) electrons. The number of benzene rings is 3. The van der Waals surface area contributed by atoms with Gasteiger partial charge in [-0.3, -0.25) is 4.72 Å². The van der Waals surface area contributed by atoms with E-state index in [1.807, 2.05) is 0 Å². The van der Waals surface area contributed by atoms with Gasteiger partial charge in [0.1, 0.15) is 17.4 Å². The van der Waals surface area contributed by atoms with Crippen LogP contribution in [0.2, 0.25) is 0 Å².